The van der Waals surface area contributed by atoms with E-state index in [1.165, 1.54) is 4.68 Å². The Labute approximate surface area is 180 Å². The topological polar surface area (TPSA) is 80.0 Å². The minimum absolute atomic E-state index is 0.324. The number of carbonyl (C=O) groups excluding carboxylic acids is 1. The predicted octanol–water partition coefficient (Wildman–Crippen LogP) is 3.63. The lowest BCUT2D eigenvalue weighted by Gasteiger charge is -2.16. The summed E-state index contributed by atoms with van der Waals surface area (Å²) in [4.78, 5) is 12.6. The number of amides is 1. The van der Waals surface area contributed by atoms with Gasteiger partial charge in [0.25, 0.3) is 5.91 Å². The molecule has 6 nitrogen and oxygen atoms in total. The van der Waals surface area contributed by atoms with Crippen molar-refractivity contribution in [2.24, 2.45) is 0 Å². The number of hydroxylamine groups is 1. The van der Waals surface area contributed by atoms with Crippen LogP contribution >= 0.6 is 0 Å². The van der Waals surface area contributed by atoms with Crippen LogP contribution < -0.4 is 5.48 Å². The molecule has 3 aromatic carbocycles. The summed E-state index contributed by atoms with van der Waals surface area (Å²) in [6.07, 6.45) is 0.324. The van der Waals surface area contributed by atoms with Gasteiger partial charge in [0, 0.05) is 17.5 Å². The molecule has 31 heavy (non-hydrogen) atoms. The highest BCUT2D eigenvalue weighted by molar-refractivity contribution is 5.80. The lowest BCUT2D eigenvalue weighted by molar-refractivity contribution is -0.133. The zero-order valence-electron chi connectivity index (χ0n) is 16.6. The average Bonchev–Trinajstić information content (AvgIpc) is 3.26. The highest BCUT2D eigenvalue weighted by Crippen LogP contribution is 2.24. The minimum atomic E-state index is -0.822. The summed E-state index contributed by atoms with van der Waals surface area (Å²) in [5.74, 6) is 5.69. The third-order valence-corrected chi connectivity index (χ3v) is 4.82. The van der Waals surface area contributed by atoms with Crippen molar-refractivity contribution in [1.82, 2.24) is 20.5 Å². The number of aromatic nitrogens is 3. The molecule has 1 heterocycles. The summed E-state index contributed by atoms with van der Waals surface area (Å²) in [6, 6.07) is 27.9. The fraction of sp³-hybridized carbons (Fsp3) is 0.0800. The van der Waals surface area contributed by atoms with Crippen molar-refractivity contribution in [2.75, 3.05) is 0 Å². The standard InChI is InChI=1S/C25H20N4O2/c30-25(27-31)23(18-20-12-6-2-7-13-20)29-22(17-16-19-10-4-1-5-11-19)24(26-28-29)21-14-8-3-9-15-21/h1-15,23,31H,18H2,(H,27,30). The van der Waals surface area contributed by atoms with Gasteiger partial charge in [-0.1, -0.05) is 90.0 Å². The van der Waals surface area contributed by atoms with Crippen LogP contribution in [0.15, 0.2) is 91.0 Å². The van der Waals surface area contributed by atoms with Crippen LogP contribution in [0.25, 0.3) is 11.3 Å². The minimum Gasteiger partial charge on any atom is -0.289 e. The Morgan fingerprint density at radius 1 is 0.903 bits per heavy atom. The van der Waals surface area contributed by atoms with E-state index >= 15 is 0 Å². The molecule has 4 rings (SSSR count). The fourth-order valence-electron chi connectivity index (χ4n) is 3.27. The zero-order chi connectivity index (χ0) is 21.5. The summed E-state index contributed by atoms with van der Waals surface area (Å²) >= 11 is 0. The maximum atomic E-state index is 12.6. The Bertz CT molecular complexity index is 1210. The van der Waals surface area contributed by atoms with Crippen molar-refractivity contribution >= 4 is 5.91 Å². The molecule has 0 fully saturated rings. The van der Waals surface area contributed by atoms with Gasteiger partial charge in [-0.3, -0.25) is 10.0 Å². The van der Waals surface area contributed by atoms with E-state index in [-0.39, 0.29) is 0 Å². The molecular formula is C25H20N4O2. The van der Waals surface area contributed by atoms with Gasteiger partial charge < -0.3 is 0 Å². The molecule has 0 saturated heterocycles. The van der Waals surface area contributed by atoms with Crippen LogP contribution in [0.5, 0.6) is 0 Å². The highest BCUT2D eigenvalue weighted by atomic mass is 16.5. The maximum Gasteiger partial charge on any atom is 0.268 e. The molecule has 1 amide bonds. The molecule has 0 saturated carbocycles. The highest BCUT2D eigenvalue weighted by Gasteiger charge is 2.26. The first kappa shape index (κ1) is 20.1. The largest absolute Gasteiger partial charge is 0.289 e. The third-order valence-electron chi connectivity index (χ3n) is 4.82. The molecule has 0 radical (unpaired) electrons. The number of nitrogens with zero attached hydrogens (tertiary/aromatic N) is 3. The second-order valence-electron chi connectivity index (χ2n) is 6.89. The molecule has 0 spiro atoms. The summed E-state index contributed by atoms with van der Waals surface area (Å²) in [5.41, 5.74) is 5.44. The molecule has 4 aromatic rings. The van der Waals surface area contributed by atoms with Crippen molar-refractivity contribution in [1.29, 1.82) is 0 Å². The monoisotopic (exact) mass is 408 g/mol. The van der Waals surface area contributed by atoms with Crippen LogP contribution in [0, 0.1) is 11.8 Å². The first-order valence-corrected chi connectivity index (χ1v) is 9.82. The number of hydrogen-bond acceptors (Lipinski definition) is 4. The molecule has 2 N–H and O–H groups in total. The van der Waals surface area contributed by atoms with E-state index in [1.54, 1.807) is 5.48 Å². The van der Waals surface area contributed by atoms with E-state index in [2.05, 4.69) is 22.2 Å². The molecule has 0 bridgehead atoms. The van der Waals surface area contributed by atoms with Crippen molar-refractivity contribution < 1.29 is 10.0 Å². The van der Waals surface area contributed by atoms with Crippen LogP contribution in [-0.4, -0.2) is 26.1 Å². The molecule has 1 unspecified atom stereocenters. The van der Waals surface area contributed by atoms with Gasteiger partial charge in [-0.05, 0) is 23.6 Å². The van der Waals surface area contributed by atoms with Gasteiger partial charge in [-0.15, -0.1) is 5.10 Å². The lowest BCUT2D eigenvalue weighted by atomic mass is 10.0. The van der Waals surface area contributed by atoms with Gasteiger partial charge in [-0.25, -0.2) is 10.2 Å². The van der Waals surface area contributed by atoms with E-state index < -0.39 is 11.9 Å². The van der Waals surface area contributed by atoms with Crippen LogP contribution in [-0.2, 0) is 11.2 Å². The smallest absolute Gasteiger partial charge is 0.268 e. The first-order valence-electron chi connectivity index (χ1n) is 9.82. The van der Waals surface area contributed by atoms with Crippen molar-refractivity contribution in [3.05, 3.63) is 108 Å². The Morgan fingerprint density at radius 2 is 1.52 bits per heavy atom. The molecule has 0 aliphatic heterocycles. The molecule has 1 aromatic heterocycles. The molecule has 1 atom stereocenters. The van der Waals surface area contributed by atoms with Gasteiger partial charge in [0.15, 0.2) is 0 Å². The van der Waals surface area contributed by atoms with Gasteiger partial charge in [-0.2, -0.15) is 0 Å². The number of benzene rings is 3. The Hall–Kier alpha value is -4.21. The summed E-state index contributed by atoms with van der Waals surface area (Å²) in [5, 5.41) is 18.0. The molecule has 0 aliphatic carbocycles. The van der Waals surface area contributed by atoms with E-state index in [0.29, 0.717) is 17.8 Å². The predicted molar refractivity (Wildman–Crippen MR) is 117 cm³/mol. The molecular weight excluding hydrogens is 388 g/mol. The van der Waals surface area contributed by atoms with Gasteiger partial charge in [0.05, 0.1) is 0 Å². The second kappa shape index (κ2) is 9.53. The fourth-order valence-corrected chi connectivity index (χ4v) is 3.27. The third kappa shape index (κ3) is 4.69. The van der Waals surface area contributed by atoms with E-state index in [0.717, 1.165) is 16.7 Å². The molecule has 6 heteroatoms. The van der Waals surface area contributed by atoms with Crippen LogP contribution in [0.1, 0.15) is 22.9 Å². The number of carbonyl (C=O) groups is 1. The van der Waals surface area contributed by atoms with Crippen molar-refractivity contribution in [2.45, 2.75) is 12.5 Å². The van der Waals surface area contributed by atoms with Gasteiger partial charge >= 0.3 is 0 Å². The van der Waals surface area contributed by atoms with Crippen LogP contribution in [0.2, 0.25) is 0 Å². The normalized spacial score (nSPS) is 11.3. The van der Waals surface area contributed by atoms with Crippen LogP contribution in [0.3, 0.4) is 0 Å². The van der Waals surface area contributed by atoms with Gasteiger partial charge in [0.1, 0.15) is 17.4 Å². The summed E-state index contributed by atoms with van der Waals surface area (Å²) in [6.45, 7) is 0. The zero-order valence-corrected chi connectivity index (χ0v) is 16.6. The molecule has 0 aliphatic rings. The Morgan fingerprint density at radius 3 is 2.16 bits per heavy atom. The van der Waals surface area contributed by atoms with Crippen molar-refractivity contribution in [3.8, 4) is 23.1 Å². The maximum absolute atomic E-state index is 12.6. The van der Waals surface area contributed by atoms with Gasteiger partial charge in [0.2, 0.25) is 0 Å². The average molecular weight is 408 g/mol. The Kier molecular flexibility index (Phi) is 6.17. The summed E-state index contributed by atoms with van der Waals surface area (Å²) in [7, 11) is 0. The van der Waals surface area contributed by atoms with E-state index in [9.17, 15) is 10.0 Å². The summed E-state index contributed by atoms with van der Waals surface area (Å²) < 4.78 is 1.48. The first-order chi connectivity index (χ1) is 15.3. The Balaban J connectivity index is 1.83. The van der Waals surface area contributed by atoms with E-state index in [1.807, 2.05) is 91.0 Å². The van der Waals surface area contributed by atoms with E-state index in [4.69, 9.17) is 0 Å². The SMILES string of the molecule is O=C(NO)C(Cc1ccccc1)n1nnc(-c2ccccc2)c1C#Cc1ccccc1. The van der Waals surface area contributed by atoms with Crippen molar-refractivity contribution in [3.63, 3.8) is 0 Å². The lowest BCUT2D eigenvalue weighted by Crippen LogP contribution is -2.33. The quantitative estimate of drug-likeness (QED) is 0.300. The number of hydrogen-bond donors (Lipinski definition) is 2. The van der Waals surface area contributed by atoms with Crippen LogP contribution in [0.4, 0.5) is 0 Å². The second-order valence-corrected chi connectivity index (χ2v) is 6.89. The number of nitrogens with one attached hydrogen (secondary N) is 1. The molecule has 152 valence electrons. The number of rotatable bonds is 5.